The minimum Gasteiger partial charge on any atom is -0.317 e. The van der Waals surface area contributed by atoms with Crippen molar-refractivity contribution in [3.8, 4) is 0 Å². The summed E-state index contributed by atoms with van der Waals surface area (Å²) in [5.41, 5.74) is 3.44. The van der Waals surface area contributed by atoms with Crippen molar-refractivity contribution in [3.05, 3.63) is 87.5 Å². The van der Waals surface area contributed by atoms with Crippen LogP contribution in [0.2, 0.25) is 0 Å². The zero-order valence-corrected chi connectivity index (χ0v) is 17.2. The quantitative estimate of drug-likeness (QED) is 0.555. The number of hydrogen-bond donors (Lipinski definition) is 1. The van der Waals surface area contributed by atoms with E-state index in [0.717, 1.165) is 11.3 Å². The van der Waals surface area contributed by atoms with Crippen LogP contribution in [-0.2, 0) is 13.1 Å². The van der Waals surface area contributed by atoms with Gasteiger partial charge in [0.1, 0.15) is 0 Å². The number of hydrogen-bond acceptors (Lipinski definition) is 4. The molecule has 0 aliphatic rings. The maximum Gasteiger partial charge on any atom is 0.280 e. The number of carbonyl (C=O) groups excluding carboxylic acids is 1. The fraction of sp³-hybridized carbons (Fsp3) is 0.217. The van der Waals surface area contributed by atoms with E-state index in [9.17, 15) is 9.59 Å². The van der Waals surface area contributed by atoms with E-state index < -0.39 is 5.91 Å². The number of fused-ring (bicyclic) bond motifs is 1. The van der Waals surface area contributed by atoms with Gasteiger partial charge in [-0.15, -0.1) is 0 Å². The maximum absolute atomic E-state index is 13.0. The van der Waals surface area contributed by atoms with E-state index in [-0.39, 0.29) is 11.1 Å². The second-order valence-corrected chi connectivity index (χ2v) is 7.15. The smallest absolute Gasteiger partial charge is 0.280 e. The zero-order chi connectivity index (χ0) is 21.3. The molecule has 7 nitrogen and oxygen atoms in total. The SMILES string of the molecule is CCn1nc(C(=O)Nc2c(C)nn(Cc3ccccc3)c2C)c(=O)c2ccccc21. The van der Waals surface area contributed by atoms with E-state index in [1.165, 1.54) is 0 Å². The van der Waals surface area contributed by atoms with Crippen LogP contribution in [0.4, 0.5) is 5.69 Å². The van der Waals surface area contributed by atoms with E-state index in [1.807, 2.05) is 67.9 Å². The molecule has 0 aliphatic carbocycles. The van der Waals surface area contributed by atoms with Gasteiger partial charge in [0.25, 0.3) is 5.91 Å². The third kappa shape index (κ3) is 3.50. The third-order valence-corrected chi connectivity index (χ3v) is 5.17. The first-order valence-corrected chi connectivity index (χ1v) is 9.88. The van der Waals surface area contributed by atoms with Crippen LogP contribution in [0.5, 0.6) is 0 Å². The highest BCUT2D eigenvalue weighted by Gasteiger charge is 2.20. The number of amides is 1. The Kier molecular flexibility index (Phi) is 5.18. The molecule has 0 unspecified atom stereocenters. The van der Waals surface area contributed by atoms with Crippen molar-refractivity contribution in [2.45, 2.75) is 33.9 Å². The van der Waals surface area contributed by atoms with Crippen LogP contribution < -0.4 is 10.7 Å². The average molecular weight is 401 g/mol. The van der Waals surface area contributed by atoms with Gasteiger partial charge < -0.3 is 5.32 Å². The molecule has 2 aromatic heterocycles. The van der Waals surface area contributed by atoms with Gasteiger partial charge in [0.05, 0.1) is 29.1 Å². The number of aryl methyl sites for hydroxylation is 2. The molecule has 2 heterocycles. The van der Waals surface area contributed by atoms with Gasteiger partial charge in [-0.05, 0) is 38.5 Å². The zero-order valence-electron chi connectivity index (χ0n) is 17.2. The van der Waals surface area contributed by atoms with Gasteiger partial charge in [-0.2, -0.15) is 10.2 Å². The lowest BCUT2D eigenvalue weighted by Gasteiger charge is -2.11. The highest BCUT2D eigenvalue weighted by atomic mass is 16.2. The van der Waals surface area contributed by atoms with E-state index >= 15 is 0 Å². The molecule has 2 aromatic carbocycles. The molecule has 0 fully saturated rings. The predicted octanol–water partition coefficient (Wildman–Crippen LogP) is 3.53. The molecule has 0 saturated carbocycles. The van der Waals surface area contributed by atoms with E-state index in [0.29, 0.717) is 35.4 Å². The molecule has 1 N–H and O–H groups in total. The molecule has 1 amide bonds. The van der Waals surface area contributed by atoms with Gasteiger partial charge in [0, 0.05) is 11.9 Å². The minimum absolute atomic E-state index is 0.120. The summed E-state index contributed by atoms with van der Waals surface area (Å²) >= 11 is 0. The molecule has 0 bridgehead atoms. The highest BCUT2D eigenvalue weighted by Crippen LogP contribution is 2.21. The van der Waals surface area contributed by atoms with Gasteiger partial charge >= 0.3 is 0 Å². The number of carbonyl (C=O) groups is 1. The van der Waals surface area contributed by atoms with Crippen molar-refractivity contribution < 1.29 is 4.79 Å². The number of nitrogens with one attached hydrogen (secondary N) is 1. The van der Waals surface area contributed by atoms with Crippen LogP contribution in [0.15, 0.2) is 59.4 Å². The lowest BCUT2D eigenvalue weighted by molar-refractivity contribution is 0.101. The van der Waals surface area contributed by atoms with Crippen LogP contribution in [0.25, 0.3) is 10.9 Å². The lowest BCUT2D eigenvalue weighted by Crippen LogP contribution is -2.27. The maximum atomic E-state index is 13.0. The second kappa shape index (κ2) is 7.94. The number of aromatic nitrogens is 4. The summed E-state index contributed by atoms with van der Waals surface area (Å²) in [6.07, 6.45) is 0. The minimum atomic E-state index is -0.529. The molecule has 0 atom stereocenters. The fourth-order valence-corrected chi connectivity index (χ4v) is 3.59. The first-order chi connectivity index (χ1) is 14.5. The van der Waals surface area contributed by atoms with Crippen LogP contribution in [0.1, 0.15) is 34.4 Å². The van der Waals surface area contributed by atoms with Crippen molar-refractivity contribution in [3.63, 3.8) is 0 Å². The van der Waals surface area contributed by atoms with Crippen molar-refractivity contribution in [1.82, 2.24) is 19.6 Å². The molecule has 7 heteroatoms. The Morgan fingerprint density at radius 1 is 0.967 bits per heavy atom. The molecule has 0 radical (unpaired) electrons. The number of para-hydroxylation sites is 1. The fourth-order valence-electron chi connectivity index (χ4n) is 3.59. The third-order valence-electron chi connectivity index (χ3n) is 5.17. The first kappa shape index (κ1) is 19.6. The van der Waals surface area contributed by atoms with E-state index in [4.69, 9.17) is 0 Å². The number of anilines is 1. The Morgan fingerprint density at radius 3 is 2.40 bits per heavy atom. The van der Waals surface area contributed by atoms with Crippen molar-refractivity contribution in [1.29, 1.82) is 0 Å². The monoisotopic (exact) mass is 401 g/mol. The molecule has 0 saturated heterocycles. The molecule has 30 heavy (non-hydrogen) atoms. The second-order valence-electron chi connectivity index (χ2n) is 7.15. The summed E-state index contributed by atoms with van der Waals surface area (Å²) < 4.78 is 3.52. The number of rotatable bonds is 5. The van der Waals surface area contributed by atoms with Crippen LogP contribution in [0.3, 0.4) is 0 Å². The summed E-state index contributed by atoms with van der Waals surface area (Å²) in [5, 5.41) is 12.2. The Morgan fingerprint density at radius 2 is 1.67 bits per heavy atom. The van der Waals surface area contributed by atoms with Crippen molar-refractivity contribution >= 4 is 22.5 Å². The Labute approximate surface area is 174 Å². The number of nitrogens with zero attached hydrogens (tertiary/aromatic N) is 4. The Balaban J connectivity index is 1.68. The van der Waals surface area contributed by atoms with Crippen LogP contribution in [-0.4, -0.2) is 25.5 Å². The highest BCUT2D eigenvalue weighted by molar-refractivity contribution is 6.04. The molecular formula is C23H23N5O2. The molecule has 0 spiro atoms. The van der Waals surface area contributed by atoms with Gasteiger partial charge in [-0.25, -0.2) is 0 Å². The van der Waals surface area contributed by atoms with Crippen molar-refractivity contribution in [2.24, 2.45) is 0 Å². The van der Waals surface area contributed by atoms with Gasteiger partial charge in [-0.3, -0.25) is 19.0 Å². The predicted molar refractivity (Wildman–Crippen MR) is 117 cm³/mol. The molecular weight excluding hydrogens is 378 g/mol. The first-order valence-electron chi connectivity index (χ1n) is 9.88. The van der Waals surface area contributed by atoms with E-state index in [2.05, 4.69) is 15.5 Å². The van der Waals surface area contributed by atoms with Gasteiger partial charge in [-0.1, -0.05) is 42.5 Å². The van der Waals surface area contributed by atoms with E-state index in [1.54, 1.807) is 16.8 Å². The summed E-state index contributed by atoms with van der Waals surface area (Å²) in [7, 11) is 0. The standard InChI is InChI=1S/C23H23N5O2/c1-4-27-19-13-9-8-12-18(19)22(29)21(26-27)23(30)24-20-15(2)25-28(16(20)3)14-17-10-6-5-7-11-17/h5-13H,4,14H2,1-3H3,(H,24,30). The summed E-state index contributed by atoms with van der Waals surface area (Å²) in [4.78, 5) is 25.9. The topological polar surface area (TPSA) is 81.8 Å². The van der Waals surface area contributed by atoms with Gasteiger partial charge in [0.2, 0.25) is 5.43 Å². The molecule has 4 aromatic rings. The largest absolute Gasteiger partial charge is 0.317 e. The van der Waals surface area contributed by atoms with Crippen LogP contribution >= 0.6 is 0 Å². The Hall–Kier alpha value is -3.74. The summed E-state index contributed by atoms with van der Waals surface area (Å²) in [6, 6.07) is 17.2. The summed E-state index contributed by atoms with van der Waals surface area (Å²) in [5.74, 6) is -0.529. The summed E-state index contributed by atoms with van der Waals surface area (Å²) in [6.45, 7) is 6.81. The van der Waals surface area contributed by atoms with Gasteiger partial charge in [0.15, 0.2) is 5.69 Å². The molecule has 152 valence electrons. The Bertz CT molecular complexity index is 1290. The normalized spacial score (nSPS) is 11.0. The number of benzene rings is 2. The molecule has 4 rings (SSSR count). The molecule has 0 aliphatic heterocycles. The van der Waals surface area contributed by atoms with Crippen molar-refractivity contribution in [2.75, 3.05) is 5.32 Å². The van der Waals surface area contributed by atoms with Crippen LogP contribution in [0, 0.1) is 13.8 Å². The average Bonchev–Trinajstić information content (AvgIpc) is 3.02. The lowest BCUT2D eigenvalue weighted by atomic mass is 10.2.